The number of nitrogens with zero attached hydrogens (tertiary/aromatic N) is 1. The number of nitrogens with one attached hydrogen (secondary N) is 1. The zero-order valence-electron chi connectivity index (χ0n) is 14.5. The van der Waals surface area contributed by atoms with Gasteiger partial charge in [-0.2, -0.15) is 0 Å². The number of para-hydroxylation sites is 2. The molecule has 1 amide bonds. The van der Waals surface area contributed by atoms with E-state index in [1.54, 1.807) is 24.3 Å². The van der Waals surface area contributed by atoms with Gasteiger partial charge in [-0.1, -0.05) is 42.3 Å². The molecule has 1 heterocycles. The van der Waals surface area contributed by atoms with Gasteiger partial charge >= 0.3 is 0 Å². The summed E-state index contributed by atoms with van der Waals surface area (Å²) >= 11 is 12.0. The van der Waals surface area contributed by atoms with Gasteiger partial charge in [-0.3, -0.25) is 9.10 Å². The number of ether oxygens (including phenoxy) is 1. The Morgan fingerprint density at radius 3 is 2.56 bits per heavy atom. The minimum absolute atomic E-state index is 0.0515. The van der Waals surface area contributed by atoms with Crippen molar-refractivity contribution in [1.82, 2.24) is 5.32 Å². The number of halogens is 2. The zero-order chi connectivity index (χ0) is 19.6. The van der Waals surface area contributed by atoms with E-state index in [9.17, 15) is 13.2 Å². The standard InChI is InChI=1S/C18H18Cl2N2O4S/c1-2-7-21-18(23)17-11-22(15-5-3-4-6-16(15)26-17)27(24,25)14-9-12(19)8-13(20)10-14/h3-6,8-10,17H,2,7,11H2,1H3,(H,21,23). The van der Waals surface area contributed by atoms with E-state index in [4.69, 9.17) is 27.9 Å². The van der Waals surface area contributed by atoms with Crippen molar-refractivity contribution >= 4 is 44.8 Å². The van der Waals surface area contributed by atoms with E-state index in [0.717, 1.165) is 10.7 Å². The maximum absolute atomic E-state index is 13.3. The summed E-state index contributed by atoms with van der Waals surface area (Å²) < 4.78 is 33.4. The van der Waals surface area contributed by atoms with Crippen LogP contribution in [0.4, 0.5) is 5.69 Å². The molecule has 2 aromatic rings. The number of sulfonamides is 1. The van der Waals surface area contributed by atoms with Crippen molar-refractivity contribution in [3.63, 3.8) is 0 Å². The van der Waals surface area contributed by atoms with Gasteiger partial charge in [-0.25, -0.2) is 8.42 Å². The summed E-state index contributed by atoms with van der Waals surface area (Å²) in [7, 11) is -4.00. The molecule has 0 fully saturated rings. The van der Waals surface area contributed by atoms with Crippen molar-refractivity contribution in [3.8, 4) is 5.75 Å². The molecule has 1 N–H and O–H groups in total. The number of fused-ring (bicyclic) bond motifs is 1. The molecule has 144 valence electrons. The molecule has 0 spiro atoms. The van der Waals surface area contributed by atoms with Gasteiger partial charge in [0, 0.05) is 16.6 Å². The summed E-state index contributed by atoms with van der Waals surface area (Å²) in [5.41, 5.74) is 0.355. The van der Waals surface area contributed by atoms with Crippen molar-refractivity contribution in [2.45, 2.75) is 24.3 Å². The normalized spacial score (nSPS) is 16.4. The number of benzene rings is 2. The lowest BCUT2D eigenvalue weighted by molar-refractivity contribution is -0.127. The van der Waals surface area contributed by atoms with Crippen molar-refractivity contribution in [3.05, 3.63) is 52.5 Å². The van der Waals surface area contributed by atoms with Crippen molar-refractivity contribution in [1.29, 1.82) is 0 Å². The van der Waals surface area contributed by atoms with Gasteiger partial charge in [0.05, 0.1) is 17.1 Å². The minimum atomic E-state index is -4.00. The number of amides is 1. The highest BCUT2D eigenvalue weighted by atomic mass is 35.5. The summed E-state index contributed by atoms with van der Waals surface area (Å²) in [5.74, 6) is -0.0484. The molecule has 0 saturated heterocycles. The molecule has 0 aliphatic carbocycles. The summed E-state index contributed by atoms with van der Waals surface area (Å²) in [6, 6.07) is 10.8. The van der Waals surface area contributed by atoms with Gasteiger partial charge in [0.25, 0.3) is 15.9 Å². The first-order valence-electron chi connectivity index (χ1n) is 8.35. The first-order valence-corrected chi connectivity index (χ1v) is 10.5. The van der Waals surface area contributed by atoms with Crippen molar-refractivity contribution in [2.24, 2.45) is 0 Å². The SMILES string of the molecule is CCCNC(=O)C1CN(S(=O)(=O)c2cc(Cl)cc(Cl)c2)c2ccccc2O1. The zero-order valence-corrected chi connectivity index (χ0v) is 16.8. The quantitative estimate of drug-likeness (QED) is 0.790. The van der Waals surface area contributed by atoms with E-state index in [0.29, 0.717) is 18.0 Å². The Morgan fingerprint density at radius 2 is 1.89 bits per heavy atom. The second-order valence-corrected chi connectivity index (χ2v) is 8.74. The van der Waals surface area contributed by atoms with Crippen LogP contribution in [-0.4, -0.2) is 33.5 Å². The maximum Gasteiger partial charge on any atom is 0.264 e. The van der Waals surface area contributed by atoms with E-state index >= 15 is 0 Å². The predicted molar refractivity (Wildman–Crippen MR) is 105 cm³/mol. The van der Waals surface area contributed by atoms with Crippen LogP contribution in [-0.2, 0) is 14.8 Å². The van der Waals surface area contributed by atoms with E-state index in [1.807, 2.05) is 6.92 Å². The summed E-state index contributed by atoms with van der Waals surface area (Å²) in [6.45, 7) is 2.26. The predicted octanol–water partition coefficient (Wildman–Crippen LogP) is 3.48. The van der Waals surface area contributed by atoms with Crippen LogP contribution < -0.4 is 14.4 Å². The highest BCUT2D eigenvalue weighted by molar-refractivity contribution is 7.92. The Hall–Kier alpha value is -1.96. The number of hydrogen-bond donors (Lipinski definition) is 1. The van der Waals surface area contributed by atoms with E-state index in [2.05, 4.69) is 5.32 Å². The summed E-state index contributed by atoms with van der Waals surface area (Å²) in [6.07, 6.45) is -0.200. The number of carbonyl (C=O) groups is 1. The highest BCUT2D eigenvalue weighted by Gasteiger charge is 2.37. The lowest BCUT2D eigenvalue weighted by atomic mass is 10.2. The number of anilines is 1. The molecule has 9 heteroatoms. The third-order valence-corrected chi connectivity index (χ3v) is 6.19. The van der Waals surface area contributed by atoms with Crippen LogP contribution in [0.15, 0.2) is 47.4 Å². The Morgan fingerprint density at radius 1 is 1.22 bits per heavy atom. The minimum Gasteiger partial charge on any atom is -0.476 e. The van der Waals surface area contributed by atoms with Gasteiger partial charge in [0.2, 0.25) is 0 Å². The molecule has 1 unspecified atom stereocenters. The Balaban J connectivity index is 2.03. The molecule has 0 aromatic heterocycles. The maximum atomic E-state index is 13.3. The molecule has 0 radical (unpaired) electrons. The molecule has 0 bridgehead atoms. The van der Waals surface area contributed by atoms with Gasteiger partial charge in [0.15, 0.2) is 6.10 Å². The van der Waals surface area contributed by atoms with Crippen molar-refractivity contribution in [2.75, 3.05) is 17.4 Å². The van der Waals surface area contributed by atoms with E-state index in [-0.39, 0.29) is 27.4 Å². The molecule has 1 atom stereocenters. The van der Waals surface area contributed by atoms with Crippen LogP contribution in [0.5, 0.6) is 5.75 Å². The molecular weight excluding hydrogens is 411 g/mol. The number of rotatable bonds is 5. The van der Waals surface area contributed by atoms with Crippen LogP contribution in [0.3, 0.4) is 0 Å². The second-order valence-electron chi connectivity index (χ2n) is 6.01. The molecule has 1 aliphatic heterocycles. The molecule has 1 aliphatic rings. The molecule has 2 aromatic carbocycles. The molecule has 0 saturated carbocycles. The average molecular weight is 429 g/mol. The van der Waals surface area contributed by atoms with Crippen LogP contribution in [0.25, 0.3) is 0 Å². The number of hydrogen-bond acceptors (Lipinski definition) is 4. The Kier molecular flexibility index (Phi) is 5.83. The largest absolute Gasteiger partial charge is 0.476 e. The van der Waals surface area contributed by atoms with Gasteiger partial charge in [0.1, 0.15) is 5.75 Å². The average Bonchev–Trinajstić information content (AvgIpc) is 2.64. The first kappa shape index (κ1) is 19.8. The first-order chi connectivity index (χ1) is 12.8. The van der Waals surface area contributed by atoms with Crippen LogP contribution >= 0.6 is 23.2 Å². The fourth-order valence-electron chi connectivity index (χ4n) is 2.73. The monoisotopic (exact) mass is 428 g/mol. The highest BCUT2D eigenvalue weighted by Crippen LogP contribution is 2.37. The molecule has 27 heavy (non-hydrogen) atoms. The molecule has 6 nitrogen and oxygen atoms in total. The molecular formula is C18H18Cl2N2O4S. The van der Waals surface area contributed by atoms with E-state index in [1.165, 1.54) is 18.2 Å². The number of carbonyl (C=O) groups excluding carboxylic acids is 1. The topological polar surface area (TPSA) is 75.7 Å². The van der Waals surface area contributed by atoms with Crippen molar-refractivity contribution < 1.29 is 17.9 Å². The van der Waals surface area contributed by atoms with Gasteiger partial charge in [-0.15, -0.1) is 0 Å². The second kappa shape index (κ2) is 7.96. The smallest absolute Gasteiger partial charge is 0.264 e. The Labute approximate surface area is 168 Å². The lowest BCUT2D eigenvalue weighted by Crippen LogP contribution is -2.50. The van der Waals surface area contributed by atoms with Crippen LogP contribution in [0.1, 0.15) is 13.3 Å². The van der Waals surface area contributed by atoms with Gasteiger partial charge < -0.3 is 10.1 Å². The van der Waals surface area contributed by atoms with E-state index < -0.39 is 16.1 Å². The lowest BCUT2D eigenvalue weighted by Gasteiger charge is -2.34. The van der Waals surface area contributed by atoms with Crippen LogP contribution in [0, 0.1) is 0 Å². The summed E-state index contributed by atoms with van der Waals surface area (Å²) in [5, 5.41) is 3.15. The Bertz CT molecular complexity index is 945. The van der Waals surface area contributed by atoms with Gasteiger partial charge in [-0.05, 0) is 36.8 Å². The molecule has 3 rings (SSSR count). The third kappa shape index (κ3) is 4.15. The van der Waals surface area contributed by atoms with Crippen LogP contribution in [0.2, 0.25) is 10.0 Å². The summed E-state index contributed by atoms with van der Waals surface area (Å²) in [4.78, 5) is 12.3. The third-order valence-electron chi connectivity index (χ3n) is 4.00. The fraction of sp³-hybridized carbons (Fsp3) is 0.278. The fourth-order valence-corrected chi connectivity index (χ4v) is 4.94.